The second-order valence-electron chi connectivity index (χ2n) is 9.12. The van der Waals surface area contributed by atoms with Crippen LogP contribution in [0.1, 0.15) is 54.8 Å². The van der Waals surface area contributed by atoms with Gasteiger partial charge in [0.25, 0.3) is 5.65 Å². The lowest BCUT2D eigenvalue weighted by atomic mass is 9.84. The van der Waals surface area contributed by atoms with E-state index >= 15 is 0 Å². The van der Waals surface area contributed by atoms with E-state index in [1.807, 2.05) is 0 Å². The maximum absolute atomic E-state index is 4.99. The molecule has 3 heteroatoms. The highest BCUT2D eigenvalue weighted by atomic mass is 15.1. The average molecular weight is 395 g/mol. The minimum atomic E-state index is 0.714. The third-order valence-electron chi connectivity index (χ3n) is 7.18. The van der Waals surface area contributed by atoms with Crippen molar-refractivity contribution in [3.63, 3.8) is 0 Å². The number of aromatic nitrogens is 3. The van der Waals surface area contributed by atoms with Gasteiger partial charge in [0.1, 0.15) is 5.52 Å². The van der Waals surface area contributed by atoms with E-state index < -0.39 is 0 Å². The normalized spacial score (nSPS) is 15.7. The van der Waals surface area contributed by atoms with Crippen molar-refractivity contribution in [2.24, 2.45) is 7.05 Å². The quantitative estimate of drug-likeness (QED) is 0.242. The van der Waals surface area contributed by atoms with Crippen LogP contribution in [-0.2, 0) is 7.05 Å². The van der Waals surface area contributed by atoms with Gasteiger partial charge in [0, 0.05) is 11.1 Å². The average Bonchev–Trinajstić information content (AvgIpc) is 3.06. The van der Waals surface area contributed by atoms with Crippen molar-refractivity contribution in [2.45, 2.75) is 51.9 Å². The van der Waals surface area contributed by atoms with E-state index in [-0.39, 0.29) is 0 Å². The molecule has 3 aromatic heterocycles. The highest BCUT2D eigenvalue weighted by Gasteiger charge is 2.26. The number of pyridine rings is 2. The second kappa shape index (κ2) is 6.53. The molecule has 0 amide bonds. The molecule has 2 aromatic carbocycles. The van der Waals surface area contributed by atoms with Crippen molar-refractivity contribution in [3.8, 4) is 0 Å². The van der Waals surface area contributed by atoms with Gasteiger partial charge in [-0.3, -0.25) is 4.98 Å². The maximum atomic E-state index is 4.99. The summed E-state index contributed by atoms with van der Waals surface area (Å²) >= 11 is 0. The fraction of sp³-hybridized carbons (Fsp3) is 0.333. The monoisotopic (exact) mass is 394 g/mol. The number of benzene rings is 2. The van der Waals surface area contributed by atoms with Gasteiger partial charge >= 0.3 is 0 Å². The van der Waals surface area contributed by atoms with E-state index in [0.717, 1.165) is 11.2 Å². The Morgan fingerprint density at radius 3 is 2.57 bits per heavy atom. The molecule has 0 spiro atoms. The topological polar surface area (TPSA) is 21.9 Å². The Labute approximate surface area is 177 Å². The molecule has 1 saturated carbocycles. The number of fused-ring (bicyclic) bond motifs is 8. The first-order chi connectivity index (χ1) is 14.6. The van der Waals surface area contributed by atoms with E-state index in [4.69, 9.17) is 4.98 Å². The first kappa shape index (κ1) is 17.9. The Hall–Kier alpha value is -2.94. The molecule has 1 aliphatic carbocycles. The lowest BCUT2D eigenvalue weighted by Crippen LogP contribution is -2.23. The molecule has 0 saturated heterocycles. The minimum absolute atomic E-state index is 0.714. The zero-order valence-electron chi connectivity index (χ0n) is 18.1. The van der Waals surface area contributed by atoms with Crippen molar-refractivity contribution in [1.82, 2.24) is 9.55 Å². The van der Waals surface area contributed by atoms with Crippen molar-refractivity contribution >= 4 is 38.5 Å². The molecule has 1 aliphatic rings. The molecule has 0 atom stereocenters. The Bertz CT molecular complexity index is 1450. The highest BCUT2D eigenvalue weighted by molar-refractivity contribution is 6.09. The van der Waals surface area contributed by atoms with Gasteiger partial charge < -0.3 is 0 Å². The molecule has 150 valence electrons. The Morgan fingerprint density at radius 1 is 0.933 bits per heavy atom. The standard InChI is InChI=1S/C27H28N3/c1-17-15-18(2)28-26-21-11-7-8-12-22(21)30-23-14-13-20(19-9-5-4-6-10-19)16-24(23)29(3)27(30)25(17)26/h7-8,11-16,19H,4-6,9-10H2,1-3H3/q+1. The van der Waals surface area contributed by atoms with Crippen molar-refractivity contribution in [1.29, 1.82) is 0 Å². The SMILES string of the molecule is Cc1cc(C)c2c(n1)c1ccccc1[n+]1c3ccc(C4CCCCC4)cc3n(C)c21. The summed E-state index contributed by atoms with van der Waals surface area (Å²) in [4.78, 5) is 4.99. The van der Waals surface area contributed by atoms with Crippen LogP contribution in [0.5, 0.6) is 0 Å². The maximum Gasteiger partial charge on any atom is 0.297 e. The third-order valence-corrected chi connectivity index (χ3v) is 7.18. The van der Waals surface area contributed by atoms with Crippen LogP contribution < -0.4 is 4.40 Å². The van der Waals surface area contributed by atoms with Crippen LogP contribution >= 0.6 is 0 Å². The molecule has 0 bridgehead atoms. The second-order valence-corrected chi connectivity index (χ2v) is 9.12. The molecule has 0 aliphatic heterocycles. The van der Waals surface area contributed by atoms with Crippen LogP contribution in [0.4, 0.5) is 0 Å². The molecular weight excluding hydrogens is 366 g/mol. The summed E-state index contributed by atoms with van der Waals surface area (Å²) in [5.41, 5.74) is 10.1. The zero-order chi connectivity index (χ0) is 20.4. The number of hydrogen-bond donors (Lipinski definition) is 0. The summed E-state index contributed by atoms with van der Waals surface area (Å²) in [6.07, 6.45) is 6.79. The fourth-order valence-corrected chi connectivity index (χ4v) is 5.77. The highest BCUT2D eigenvalue weighted by Crippen LogP contribution is 2.35. The number of rotatable bonds is 1. The van der Waals surface area contributed by atoms with Gasteiger partial charge in [-0.25, -0.2) is 4.57 Å². The fourth-order valence-electron chi connectivity index (χ4n) is 5.77. The Balaban J connectivity index is 1.79. The molecule has 30 heavy (non-hydrogen) atoms. The number of aryl methyl sites for hydroxylation is 3. The minimum Gasteiger partial charge on any atom is -0.252 e. The van der Waals surface area contributed by atoms with Gasteiger partial charge in [-0.2, -0.15) is 4.40 Å². The molecular formula is C27H28N3+. The molecule has 6 rings (SSSR count). The number of imidazole rings is 1. The van der Waals surface area contributed by atoms with Crippen molar-refractivity contribution in [3.05, 3.63) is 65.4 Å². The summed E-state index contributed by atoms with van der Waals surface area (Å²) in [5.74, 6) is 0.714. The van der Waals surface area contributed by atoms with Crippen LogP contribution in [0, 0.1) is 13.8 Å². The molecule has 1 fully saturated rings. The largest absolute Gasteiger partial charge is 0.297 e. The third kappa shape index (κ3) is 2.44. The molecule has 3 nitrogen and oxygen atoms in total. The smallest absolute Gasteiger partial charge is 0.252 e. The van der Waals surface area contributed by atoms with Crippen molar-refractivity contribution < 1.29 is 4.40 Å². The van der Waals surface area contributed by atoms with E-state index in [9.17, 15) is 0 Å². The number of hydrogen-bond acceptors (Lipinski definition) is 1. The summed E-state index contributed by atoms with van der Waals surface area (Å²) in [5, 5.41) is 2.48. The van der Waals surface area contributed by atoms with Gasteiger partial charge in [0.2, 0.25) is 0 Å². The molecule has 5 aromatic rings. The number of nitrogens with zero attached hydrogens (tertiary/aromatic N) is 3. The number of para-hydroxylation sites is 1. The van der Waals surface area contributed by atoms with Crippen molar-refractivity contribution in [2.75, 3.05) is 0 Å². The molecule has 3 heterocycles. The molecule has 0 unspecified atom stereocenters. The zero-order valence-corrected chi connectivity index (χ0v) is 18.1. The van der Waals surface area contributed by atoms with Crippen LogP contribution in [0.15, 0.2) is 48.5 Å². The van der Waals surface area contributed by atoms with E-state index in [0.29, 0.717) is 5.92 Å². The first-order valence-corrected chi connectivity index (χ1v) is 11.3. The van der Waals surface area contributed by atoms with E-state index in [1.165, 1.54) is 76.2 Å². The Morgan fingerprint density at radius 2 is 1.73 bits per heavy atom. The van der Waals surface area contributed by atoms with E-state index in [2.05, 4.69) is 78.4 Å². The first-order valence-electron chi connectivity index (χ1n) is 11.3. The summed E-state index contributed by atoms with van der Waals surface area (Å²) in [7, 11) is 2.22. The predicted molar refractivity (Wildman–Crippen MR) is 124 cm³/mol. The lowest BCUT2D eigenvalue weighted by molar-refractivity contribution is -0.449. The van der Waals surface area contributed by atoms with Crippen LogP contribution in [-0.4, -0.2) is 9.55 Å². The van der Waals surface area contributed by atoms with Gasteiger partial charge in [-0.1, -0.05) is 37.5 Å². The van der Waals surface area contributed by atoms with E-state index in [1.54, 1.807) is 0 Å². The van der Waals surface area contributed by atoms with Gasteiger partial charge in [-0.15, -0.1) is 0 Å². The summed E-state index contributed by atoms with van der Waals surface area (Å²) in [6, 6.07) is 18.1. The predicted octanol–water partition coefficient (Wildman–Crippen LogP) is 6.28. The molecule has 0 radical (unpaired) electrons. The van der Waals surface area contributed by atoms with Crippen LogP contribution in [0.25, 0.3) is 38.5 Å². The van der Waals surface area contributed by atoms with Gasteiger partial charge in [-0.05, 0) is 74.1 Å². The molecule has 0 N–H and O–H groups in total. The van der Waals surface area contributed by atoms with Gasteiger partial charge in [0.15, 0.2) is 11.0 Å². The van der Waals surface area contributed by atoms with Crippen LogP contribution in [0.2, 0.25) is 0 Å². The summed E-state index contributed by atoms with van der Waals surface area (Å²) in [6.45, 7) is 4.31. The lowest BCUT2D eigenvalue weighted by Gasteiger charge is -2.21. The summed E-state index contributed by atoms with van der Waals surface area (Å²) < 4.78 is 4.84. The van der Waals surface area contributed by atoms with Crippen LogP contribution in [0.3, 0.4) is 0 Å². The van der Waals surface area contributed by atoms with Gasteiger partial charge in [0.05, 0.1) is 18.0 Å². The Kier molecular flexibility index (Phi) is 3.89.